The van der Waals surface area contributed by atoms with E-state index in [4.69, 9.17) is 0 Å². The number of nitrogens with zero attached hydrogens (tertiary/aromatic N) is 4. The Kier molecular flexibility index (Phi) is 4.67. The van der Waals surface area contributed by atoms with Gasteiger partial charge >= 0.3 is 5.92 Å². The van der Waals surface area contributed by atoms with Gasteiger partial charge in [0.25, 0.3) is 5.91 Å². The molecule has 0 saturated heterocycles. The number of nitrogens with one attached hydrogen (secondary N) is 1. The second-order valence-corrected chi connectivity index (χ2v) is 6.48. The molecular weight excluding hydrogens is 376 g/mol. The van der Waals surface area contributed by atoms with E-state index >= 15 is 8.78 Å². The largest absolute Gasteiger partial charge is 0.306 e. The van der Waals surface area contributed by atoms with Crippen LogP contribution in [0.15, 0.2) is 67.5 Å². The number of anilines is 1. The van der Waals surface area contributed by atoms with Crippen LogP contribution in [0.3, 0.4) is 0 Å². The van der Waals surface area contributed by atoms with Crippen molar-refractivity contribution in [1.82, 2.24) is 19.9 Å². The van der Waals surface area contributed by atoms with Crippen LogP contribution in [0.1, 0.15) is 27.0 Å². The summed E-state index contributed by atoms with van der Waals surface area (Å²) in [6, 6.07) is 9.15. The third-order valence-corrected chi connectivity index (χ3v) is 4.39. The number of halogens is 2. The number of amides is 1. The Labute approximate surface area is 164 Å². The number of carbonyl (C=O) groups is 1. The first kappa shape index (κ1) is 18.5. The zero-order valence-corrected chi connectivity index (χ0v) is 15.3. The van der Waals surface area contributed by atoms with Gasteiger partial charge < -0.3 is 5.32 Å². The molecule has 0 aliphatic heterocycles. The number of pyridine rings is 2. The lowest BCUT2D eigenvalue weighted by molar-refractivity contribution is 0.0421. The van der Waals surface area contributed by atoms with Gasteiger partial charge in [-0.15, -0.1) is 0 Å². The van der Waals surface area contributed by atoms with Gasteiger partial charge in [-0.1, -0.05) is 12.1 Å². The maximum atomic E-state index is 15.1. The van der Waals surface area contributed by atoms with E-state index in [0.717, 1.165) is 24.0 Å². The molecule has 4 aromatic rings. The van der Waals surface area contributed by atoms with Crippen LogP contribution >= 0.6 is 0 Å². The number of fused-ring (bicyclic) bond motifs is 1. The Hall–Kier alpha value is -3.81. The molecule has 0 unspecified atom stereocenters. The Morgan fingerprint density at radius 1 is 1.00 bits per heavy atom. The Bertz CT molecular complexity index is 1180. The number of aromatic nitrogens is 4. The van der Waals surface area contributed by atoms with Crippen LogP contribution in [-0.4, -0.2) is 25.8 Å². The number of aryl methyl sites for hydroxylation is 1. The van der Waals surface area contributed by atoms with Crippen LogP contribution < -0.4 is 5.32 Å². The molecule has 0 atom stereocenters. The SMILES string of the molecule is Cc1ccc(NC(=O)c2cc(C(F)(F)c3cncnc3)cc3cccnc23)nc1. The Morgan fingerprint density at radius 3 is 2.52 bits per heavy atom. The van der Waals surface area contributed by atoms with Crippen molar-refractivity contribution in [2.24, 2.45) is 0 Å². The van der Waals surface area contributed by atoms with Crippen molar-refractivity contribution < 1.29 is 13.6 Å². The summed E-state index contributed by atoms with van der Waals surface area (Å²) in [5.41, 5.74) is 0.560. The summed E-state index contributed by atoms with van der Waals surface area (Å²) < 4.78 is 30.2. The number of benzene rings is 1. The van der Waals surface area contributed by atoms with Gasteiger partial charge in [-0.2, -0.15) is 8.78 Å². The minimum atomic E-state index is -3.39. The summed E-state index contributed by atoms with van der Waals surface area (Å²) in [5.74, 6) is -3.65. The molecule has 0 aliphatic rings. The molecule has 6 nitrogen and oxygen atoms in total. The molecule has 0 bridgehead atoms. The first-order valence-electron chi connectivity index (χ1n) is 8.72. The van der Waals surface area contributed by atoms with Crippen LogP contribution in [0.4, 0.5) is 14.6 Å². The maximum Gasteiger partial charge on any atom is 0.301 e. The minimum absolute atomic E-state index is 0.0250. The molecule has 1 aromatic carbocycles. The van der Waals surface area contributed by atoms with Gasteiger partial charge in [0, 0.05) is 35.7 Å². The third-order valence-electron chi connectivity index (χ3n) is 4.39. The molecule has 1 amide bonds. The molecule has 3 heterocycles. The molecule has 0 saturated carbocycles. The average Bonchev–Trinajstić information content (AvgIpc) is 2.75. The molecular formula is C21H15F2N5O. The zero-order valence-electron chi connectivity index (χ0n) is 15.3. The standard InChI is InChI=1S/C21H15F2N5O/c1-13-4-5-18(27-9-13)28-20(29)17-8-15(7-14-3-2-6-26-19(14)17)21(22,23)16-10-24-12-25-11-16/h2-12H,1H3,(H,27,28,29). The zero-order chi connectivity index (χ0) is 20.4. The van der Waals surface area contributed by atoms with E-state index in [-0.39, 0.29) is 16.7 Å². The van der Waals surface area contributed by atoms with Crippen molar-refractivity contribution >= 4 is 22.6 Å². The lowest BCUT2D eigenvalue weighted by Gasteiger charge is -2.18. The molecule has 0 spiro atoms. The predicted octanol–water partition coefficient (Wildman–Crippen LogP) is 4.12. The highest BCUT2D eigenvalue weighted by Crippen LogP contribution is 2.37. The summed E-state index contributed by atoms with van der Waals surface area (Å²) in [6.07, 6.45) is 6.39. The van der Waals surface area contributed by atoms with Gasteiger partial charge in [-0.3, -0.25) is 9.78 Å². The van der Waals surface area contributed by atoms with E-state index in [1.807, 2.05) is 6.92 Å². The molecule has 8 heteroatoms. The monoisotopic (exact) mass is 391 g/mol. The number of alkyl halides is 2. The van der Waals surface area contributed by atoms with Gasteiger partial charge in [0.05, 0.1) is 16.6 Å². The lowest BCUT2D eigenvalue weighted by atomic mass is 9.97. The molecule has 1 N–H and O–H groups in total. The van der Waals surface area contributed by atoms with Crippen LogP contribution in [0.5, 0.6) is 0 Å². The highest BCUT2D eigenvalue weighted by Gasteiger charge is 2.36. The molecule has 29 heavy (non-hydrogen) atoms. The normalized spacial score (nSPS) is 11.4. The number of rotatable bonds is 4. The van der Waals surface area contributed by atoms with Crippen molar-refractivity contribution in [3.63, 3.8) is 0 Å². The van der Waals surface area contributed by atoms with Crippen LogP contribution in [-0.2, 0) is 5.92 Å². The highest BCUT2D eigenvalue weighted by atomic mass is 19.3. The fourth-order valence-corrected chi connectivity index (χ4v) is 2.90. The number of hydrogen-bond donors (Lipinski definition) is 1. The predicted molar refractivity (Wildman–Crippen MR) is 104 cm³/mol. The van der Waals surface area contributed by atoms with Crippen LogP contribution in [0, 0.1) is 6.92 Å². The molecule has 0 radical (unpaired) electrons. The van der Waals surface area contributed by atoms with Crippen molar-refractivity contribution in [3.05, 3.63) is 89.8 Å². The van der Waals surface area contributed by atoms with Crippen molar-refractivity contribution in [1.29, 1.82) is 0 Å². The van der Waals surface area contributed by atoms with Crippen LogP contribution in [0.2, 0.25) is 0 Å². The maximum absolute atomic E-state index is 15.1. The summed E-state index contributed by atoms with van der Waals surface area (Å²) in [4.78, 5) is 28.5. The first-order chi connectivity index (χ1) is 13.9. The van der Waals surface area contributed by atoms with Gasteiger partial charge in [0.2, 0.25) is 0 Å². The molecule has 0 fully saturated rings. The molecule has 4 rings (SSSR count). The van der Waals surface area contributed by atoms with Gasteiger partial charge in [-0.25, -0.2) is 15.0 Å². The average molecular weight is 391 g/mol. The number of hydrogen-bond acceptors (Lipinski definition) is 5. The molecule has 144 valence electrons. The summed E-state index contributed by atoms with van der Waals surface area (Å²) in [5, 5.41) is 3.06. The first-order valence-corrected chi connectivity index (χ1v) is 8.72. The van der Waals surface area contributed by atoms with E-state index in [9.17, 15) is 4.79 Å². The highest BCUT2D eigenvalue weighted by molar-refractivity contribution is 6.11. The second-order valence-electron chi connectivity index (χ2n) is 6.48. The Balaban J connectivity index is 1.81. The Morgan fingerprint density at radius 2 is 1.79 bits per heavy atom. The number of carbonyl (C=O) groups excluding carboxylic acids is 1. The lowest BCUT2D eigenvalue weighted by Crippen LogP contribution is -2.19. The van der Waals surface area contributed by atoms with Crippen molar-refractivity contribution in [2.45, 2.75) is 12.8 Å². The van der Waals surface area contributed by atoms with E-state index < -0.39 is 11.8 Å². The van der Waals surface area contributed by atoms with E-state index in [1.54, 1.807) is 30.5 Å². The topological polar surface area (TPSA) is 80.7 Å². The molecule has 0 aliphatic carbocycles. The summed E-state index contributed by atoms with van der Waals surface area (Å²) in [6.45, 7) is 1.87. The van der Waals surface area contributed by atoms with Gasteiger partial charge in [0.15, 0.2) is 0 Å². The summed E-state index contributed by atoms with van der Waals surface area (Å²) >= 11 is 0. The summed E-state index contributed by atoms with van der Waals surface area (Å²) in [7, 11) is 0. The van der Waals surface area contributed by atoms with Crippen molar-refractivity contribution in [2.75, 3.05) is 5.32 Å². The fourth-order valence-electron chi connectivity index (χ4n) is 2.90. The quantitative estimate of drug-likeness (QED) is 0.566. The van der Waals surface area contributed by atoms with E-state index in [2.05, 4.69) is 25.3 Å². The van der Waals surface area contributed by atoms with Gasteiger partial charge in [0.1, 0.15) is 12.1 Å². The van der Waals surface area contributed by atoms with Gasteiger partial charge in [-0.05, 0) is 36.8 Å². The third kappa shape index (κ3) is 3.64. The van der Waals surface area contributed by atoms with Crippen LogP contribution in [0.25, 0.3) is 10.9 Å². The fraction of sp³-hybridized carbons (Fsp3) is 0.0952. The van der Waals surface area contributed by atoms with Crippen molar-refractivity contribution in [3.8, 4) is 0 Å². The van der Waals surface area contributed by atoms with E-state index in [0.29, 0.717) is 16.7 Å². The molecule has 3 aromatic heterocycles. The second kappa shape index (κ2) is 7.31. The van der Waals surface area contributed by atoms with E-state index in [1.165, 1.54) is 18.6 Å². The smallest absolute Gasteiger partial charge is 0.301 e. The minimum Gasteiger partial charge on any atom is -0.306 e.